The van der Waals surface area contributed by atoms with E-state index in [9.17, 15) is 9.59 Å². The van der Waals surface area contributed by atoms with Gasteiger partial charge in [-0.1, -0.05) is 30.4 Å². The van der Waals surface area contributed by atoms with Gasteiger partial charge in [0, 0.05) is 0 Å². The normalized spacial score (nSPS) is 27.1. The molecule has 0 amide bonds. The Bertz CT molecular complexity index is 797. The van der Waals surface area contributed by atoms with Crippen molar-refractivity contribution in [1.82, 2.24) is 14.3 Å². The van der Waals surface area contributed by atoms with Gasteiger partial charge in [-0.25, -0.2) is 23.9 Å². The lowest BCUT2D eigenvalue weighted by molar-refractivity contribution is 0.342. The number of nitrogens with one attached hydrogen (secondary N) is 1. The third kappa shape index (κ3) is 1.92. The van der Waals surface area contributed by atoms with Crippen molar-refractivity contribution in [3.05, 3.63) is 63.5 Å². The number of H-pyrrole nitrogens is 1. The van der Waals surface area contributed by atoms with E-state index in [1.54, 1.807) is 12.1 Å². The first-order valence-electron chi connectivity index (χ1n) is 7.41. The van der Waals surface area contributed by atoms with Crippen LogP contribution < -0.4 is 11.4 Å². The topological polar surface area (TPSA) is 59.8 Å². The van der Waals surface area contributed by atoms with Gasteiger partial charge in [-0.15, -0.1) is 0 Å². The smallest absolute Gasteiger partial charge is 0.246 e. The summed E-state index contributed by atoms with van der Waals surface area (Å²) < 4.78 is 2.70. The molecule has 2 aliphatic carbocycles. The summed E-state index contributed by atoms with van der Waals surface area (Å²) in [5.41, 5.74) is -0.0579. The van der Waals surface area contributed by atoms with Gasteiger partial charge in [0.25, 0.3) is 0 Å². The first-order valence-corrected chi connectivity index (χ1v) is 7.41. The van der Waals surface area contributed by atoms with Crippen molar-refractivity contribution in [3.8, 4) is 5.69 Å². The van der Waals surface area contributed by atoms with Crippen LogP contribution in [0.2, 0.25) is 0 Å². The zero-order valence-electron chi connectivity index (χ0n) is 11.6. The van der Waals surface area contributed by atoms with Crippen LogP contribution in [0.5, 0.6) is 0 Å². The molecule has 2 aromatic rings. The van der Waals surface area contributed by atoms with E-state index >= 15 is 0 Å². The molecule has 5 heteroatoms. The molecule has 0 saturated heterocycles. The van der Waals surface area contributed by atoms with Crippen LogP contribution in [-0.4, -0.2) is 14.3 Å². The standard InChI is InChI=1S/C16H17N3O2/c20-15-17-19(14-9-7-11-6-8-12(14)10-11)16(21)18(15)13-4-2-1-3-5-13/h1-5,7,9,11-12,14H,6,8,10H2,(H,17,20). The Labute approximate surface area is 121 Å². The number of nitrogens with zero attached hydrogens (tertiary/aromatic N) is 2. The number of hydrogen-bond acceptors (Lipinski definition) is 2. The first-order chi connectivity index (χ1) is 10.2. The monoisotopic (exact) mass is 283 g/mol. The van der Waals surface area contributed by atoms with Gasteiger partial charge < -0.3 is 0 Å². The Morgan fingerprint density at radius 2 is 1.86 bits per heavy atom. The molecule has 108 valence electrons. The summed E-state index contributed by atoms with van der Waals surface area (Å²) in [4.78, 5) is 24.8. The number of fused-ring (bicyclic) bond motifs is 2. The van der Waals surface area contributed by atoms with E-state index in [1.165, 1.54) is 15.7 Å². The van der Waals surface area contributed by atoms with Crippen LogP contribution >= 0.6 is 0 Å². The predicted octanol–water partition coefficient (Wildman–Crippen LogP) is 1.85. The molecule has 5 nitrogen and oxygen atoms in total. The lowest BCUT2D eigenvalue weighted by Crippen LogP contribution is -2.31. The fraction of sp³-hybridized carbons (Fsp3) is 0.375. The van der Waals surface area contributed by atoms with Crippen molar-refractivity contribution in [2.24, 2.45) is 11.8 Å². The van der Waals surface area contributed by atoms with Gasteiger partial charge >= 0.3 is 11.4 Å². The molecule has 0 spiro atoms. The van der Waals surface area contributed by atoms with Gasteiger partial charge in [-0.2, -0.15) is 0 Å². The van der Waals surface area contributed by atoms with Gasteiger partial charge in [0.2, 0.25) is 0 Å². The molecule has 0 aliphatic heterocycles. The number of allylic oxidation sites excluding steroid dienone is 2. The van der Waals surface area contributed by atoms with Crippen molar-refractivity contribution < 1.29 is 0 Å². The number of aromatic nitrogens is 3. The van der Waals surface area contributed by atoms with Crippen molar-refractivity contribution in [2.45, 2.75) is 25.3 Å². The molecule has 2 aliphatic rings. The van der Waals surface area contributed by atoms with Crippen LogP contribution in [0.25, 0.3) is 5.69 Å². The molecule has 1 aromatic heterocycles. The minimum Gasteiger partial charge on any atom is -0.246 e. The second kappa shape index (κ2) is 4.62. The van der Waals surface area contributed by atoms with E-state index in [4.69, 9.17) is 0 Å². The molecule has 1 heterocycles. The fourth-order valence-corrected chi connectivity index (χ4v) is 3.66. The van der Waals surface area contributed by atoms with E-state index in [1.807, 2.05) is 18.2 Å². The van der Waals surface area contributed by atoms with Crippen molar-refractivity contribution in [1.29, 1.82) is 0 Å². The largest absolute Gasteiger partial charge is 0.352 e. The average Bonchev–Trinajstić information content (AvgIpc) is 3.02. The molecule has 0 radical (unpaired) electrons. The summed E-state index contributed by atoms with van der Waals surface area (Å²) >= 11 is 0. The highest BCUT2D eigenvalue weighted by Crippen LogP contribution is 2.42. The Balaban J connectivity index is 1.82. The lowest BCUT2D eigenvalue weighted by atomic mass is 9.91. The highest BCUT2D eigenvalue weighted by molar-refractivity contribution is 5.30. The van der Waals surface area contributed by atoms with Crippen LogP contribution in [0.4, 0.5) is 0 Å². The minimum atomic E-state index is -0.375. The van der Waals surface area contributed by atoms with E-state index in [-0.39, 0.29) is 17.4 Å². The van der Waals surface area contributed by atoms with Crippen LogP contribution in [-0.2, 0) is 0 Å². The van der Waals surface area contributed by atoms with Crippen LogP contribution in [0, 0.1) is 11.8 Å². The van der Waals surface area contributed by atoms with E-state index in [0.29, 0.717) is 17.5 Å². The Morgan fingerprint density at radius 3 is 2.67 bits per heavy atom. The zero-order valence-corrected chi connectivity index (χ0v) is 11.6. The quantitative estimate of drug-likeness (QED) is 0.855. The van der Waals surface area contributed by atoms with Crippen LogP contribution in [0.3, 0.4) is 0 Å². The van der Waals surface area contributed by atoms with Gasteiger partial charge in [-0.05, 0) is 43.2 Å². The SMILES string of the molecule is O=c1[nH]n(C2C=CC3CCC2C3)c(=O)n1-c1ccccc1. The summed E-state index contributed by atoms with van der Waals surface area (Å²) in [6.07, 6.45) is 7.70. The third-order valence-corrected chi connectivity index (χ3v) is 4.71. The third-order valence-electron chi connectivity index (χ3n) is 4.71. The lowest BCUT2D eigenvalue weighted by Gasteiger charge is -2.23. The number of aromatic amines is 1. The molecule has 1 N–H and O–H groups in total. The highest BCUT2D eigenvalue weighted by atomic mass is 16.2. The van der Waals surface area contributed by atoms with Crippen molar-refractivity contribution >= 4 is 0 Å². The molecule has 3 atom stereocenters. The van der Waals surface area contributed by atoms with E-state index in [2.05, 4.69) is 17.3 Å². The van der Waals surface area contributed by atoms with Crippen molar-refractivity contribution in [2.75, 3.05) is 0 Å². The Morgan fingerprint density at radius 1 is 1.05 bits per heavy atom. The van der Waals surface area contributed by atoms with Crippen molar-refractivity contribution in [3.63, 3.8) is 0 Å². The Hall–Kier alpha value is -2.30. The maximum Gasteiger partial charge on any atom is 0.352 e. The predicted molar refractivity (Wildman–Crippen MR) is 79.7 cm³/mol. The second-order valence-electron chi connectivity index (χ2n) is 5.95. The van der Waals surface area contributed by atoms with Crippen LogP contribution in [0.1, 0.15) is 25.3 Å². The molecular formula is C16H17N3O2. The summed E-state index contributed by atoms with van der Waals surface area (Å²) in [6.45, 7) is 0. The molecule has 1 aromatic carbocycles. The minimum absolute atomic E-state index is 0.0195. The van der Waals surface area contributed by atoms with E-state index < -0.39 is 0 Å². The molecule has 3 unspecified atom stereocenters. The van der Waals surface area contributed by atoms with Gasteiger partial charge in [0.1, 0.15) is 0 Å². The summed E-state index contributed by atoms with van der Waals surface area (Å²) in [5, 5.41) is 2.72. The highest BCUT2D eigenvalue weighted by Gasteiger charge is 2.34. The Kier molecular flexibility index (Phi) is 2.74. The zero-order chi connectivity index (χ0) is 14.4. The average molecular weight is 283 g/mol. The molecular weight excluding hydrogens is 266 g/mol. The summed E-state index contributed by atoms with van der Waals surface area (Å²) in [6, 6.07) is 9.02. The fourth-order valence-electron chi connectivity index (χ4n) is 3.66. The summed E-state index contributed by atoms with van der Waals surface area (Å²) in [7, 11) is 0. The van der Waals surface area contributed by atoms with Crippen LogP contribution in [0.15, 0.2) is 52.1 Å². The molecule has 4 rings (SSSR count). The maximum atomic E-state index is 12.6. The number of benzene rings is 1. The van der Waals surface area contributed by atoms with E-state index in [0.717, 1.165) is 12.8 Å². The number of rotatable bonds is 2. The van der Waals surface area contributed by atoms with Gasteiger partial charge in [0.15, 0.2) is 0 Å². The van der Waals surface area contributed by atoms with Gasteiger partial charge in [0.05, 0.1) is 11.7 Å². The van der Waals surface area contributed by atoms with Gasteiger partial charge in [-0.3, -0.25) is 0 Å². The summed E-state index contributed by atoms with van der Waals surface area (Å²) in [5.74, 6) is 1.12. The first kappa shape index (κ1) is 12.4. The number of hydrogen-bond donors (Lipinski definition) is 1. The maximum absolute atomic E-state index is 12.6. The molecule has 21 heavy (non-hydrogen) atoms. The second-order valence-corrected chi connectivity index (χ2v) is 5.95. The number of para-hydroxylation sites is 1. The molecule has 1 saturated carbocycles. The molecule has 1 fully saturated rings. The molecule has 2 bridgehead atoms.